The fourth-order valence-corrected chi connectivity index (χ4v) is 1.36. The summed E-state index contributed by atoms with van der Waals surface area (Å²) in [5.41, 5.74) is 3.44. The van der Waals surface area contributed by atoms with E-state index in [0.29, 0.717) is 0 Å². The van der Waals surface area contributed by atoms with Crippen molar-refractivity contribution < 1.29 is 9.90 Å². The van der Waals surface area contributed by atoms with E-state index in [0.717, 1.165) is 0 Å². The fourth-order valence-electron chi connectivity index (χ4n) is 1.36. The number of carboxylic acids is 1. The van der Waals surface area contributed by atoms with Crippen molar-refractivity contribution in [1.82, 2.24) is 20.2 Å². The van der Waals surface area contributed by atoms with Gasteiger partial charge in [-0.05, 0) is 0 Å². The van der Waals surface area contributed by atoms with Gasteiger partial charge in [0.05, 0.1) is 6.42 Å². The van der Waals surface area contributed by atoms with Crippen molar-refractivity contribution in [2.45, 2.75) is 6.42 Å². The third kappa shape index (κ3) is 1.85. The number of aromatic amines is 2. The highest BCUT2D eigenvalue weighted by Crippen LogP contribution is 1.99. The number of nitrogens with two attached hydrogens (primary N) is 1. The van der Waals surface area contributed by atoms with Gasteiger partial charge >= 0.3 is 5.97 Å². The molecule has 0 saturated heterocycles. The van der Waals surface area contributed by atoms with Crippen molar-refractivity contribution in [3.8, 4) is 0 Å². The molecule has 0 spiro atoms. The minimum atomic E-state index is -1.22. The lowest BCUT2D eigenvalue weighted by Crippen LogP contribution is -2.25. The largest absolute Gasteiger partial charge is 0.481 e. The second kappa shape index (κ2) is 3.70. The quantitative estimate of drug-likeness (QED) is 0.480. The third-order valence-electron chi connectivity index (χ3n) is 2.04. The van der Waals surface area contributed by atoms with Crippen molar-refractivity contribution in [1.29, 1.82) is 0 Å². The molecular formula is C8H7N5O4. The molecule has 5 N–H and O–H groups in total. The van der Waals surface area contributed by atoms with E-state index in [2.05, 4.69) is 20.2 Å². The lowest BCUT2D eigenvalue weighted by atomic mass is 10.2. The van der Waals surface area contributed by atoms with Gasteiger partial charge in [0, 0.05) is 0 Å². The zero-order valence-corrected chi connectivity index (χ0v) is 8.35. The average Bonchev–Trinajstić information content (AvgIpc) is 2.20. The first-order valence-electron chi connectivity index (χ1n) is 4.48. The normalized spacial score (nSPS) is 10.6. The number of hydrogen-bond acceptors (Lipinski definition) is 6. The smallest absolute Gasteiger partial charge is 0.309 e. The number of anilines is 1. The van der Waals surface area contributed by atoms with Gasteiger partial charge in [0.2, 0.25) is 11.4 Å². The molecule has 0 saturated carbocycles. The van der Waals surface area contributed by atoms with Gasteiger partial charge in [0.15, 0.2) is 5.65 Å². The molecule has 9 heteroatoms. The number of aliphatic carboxylic acids is 1. The van der Waals surface area contributed by atoms with Gasteiger partial charge in [-0.1, -0.05) is 0 Å². The van der Waals surface area contributed by atoms with Crippen LogP contribution < -0.4 is 16.7 Å². The van der Waals surface area contributed by atoms with E-state index in [4.69, 9.17) is 10.8 Å². The van der Waals surface area contributed by atoms with Crippen LogP contribution in [0.4, 0.5) is 5.95 Å². The molecule has 0 amide bonds. The molecule has 2 rings (SSSR count). The predicted octanol–water partition coefficient (Wildman–Crippen LogP) is -1.78. The number of nitrogens with zero attached hydrogens (tertiary/aromatic N) is 2. The van der Waals surface area contributed by atoms with Crippen LogP contribution in [-0.2, 0) is 11.2 Å². The number of rotatable bonds is 2. The minimum Gasteiger partial charge on any atom is -0.481 e. The molecule has 2 heterocycles. The van der Waals surface area contributed by atoms with Gasteiger partial charge in [-0.2, -0.15) is 10.1 Å². The topological polar surface area (TPSA) is 155 Å². The van der Waals surface area contributed by atoms with Crippen molar-refractivity contribution in [2.24, 2.45) is 0 Å². The van der Waals surface area contributed by atoms with Crippen LogP contribution in [0, 0.1) is 0 Å². The second-order valence-electron chi connectivity index (χ2n) is 3.24. The number of nitrogen functional groups attached to an aromatic ring is 1. The number of carboxylic acid groups (broad SMARTS) is 1. The summed E-state index contributed by atoms with van der Waals surface area (Å²) < 4.78 is 0. The first kappa shape index (κ1) is 10.8. The Morgan fingerprint density at radius 2 is 2.12 bits per heavy atom. The maximum absolute atomic E-state index is 11.7. The van der Waals surface area contributed by atoms with Gasteiger partial charge in [-0.3, -0.25) is 24.5 Å². The summed E-state index contributed by atoms with van der Waals surface area (Å²) >= 11 is 0. The van der Waals surface area contributed by atoms with Crippen LogP contribution >= 0.6 is 0 Å². The van der Waals surface area contributed by atoms with E-state index >= 15 is 0 Å². The Hall–Kier alpha value is -2.71. The van der Waals surface area contributed by atoms with Crippen molar-refractivity contribution >= 4 is 23.0 Å². The highest BCUT2D eigenvalue weighted by atomic mass is 16.4. The molecule has 0 unspecified atom stereocenters. The Morgan fingerprint density at radius 1 is 1.41 bits per heavy atom. The molecule has 88 valence electrons. The summed E-state index contributed by atoms with van der Waals surface area (Å²) in [6.45, 7) is 0. The van der Waals surface area contributed by atoms with Gasteiger partial charge in [-0.15, -0.1) is 0 Å². The molecule has 17 heavy (non-hydrogen) atoms. The van der Waals surface area contributed by atoms with E-state index in [9.17, 15) is 14.4 Å². The highest BCUT2D eigenvalue weighted by molar-refractivity contribution is 5.76. The van der Waals surface area contributed by atoms with E-state index in [1.165, 1.54) is 0 Å². The number of H-pyrrole nitrogens is 2. The number of aromatic nitrogens is 4. The summed E-state index contributed by atoms with van der Waals surface area (Å²) in [6.07, 6.45) is -0.574. The molecule has 2 aromatic heterocycles. The minimum absolute atomic E-state index is 0.0783. The fraction of sp³-hybridized carbons (Fsp3) is 0.125. The summed E-state index contributed by atoms with van der Waals surface area (Å²) in [7, 11) is 0. The molecule has 0 aromatic carbocycles. The van der Waals surface area contributed by atoms with E-state index in [1.54, 1.807) is 0 Å². The molecule has 2 aromatic rings. The van der Waals surface area contributed by atoms with Crippen LogP contribution in [0.3, 0.4) is 0 Å². The van der Waals surface area contributed by atoms with E-state index < -0.39 is 23.4 Å². The molecule has 0 fully saturated rings. The Bertz CT molecular complexity index is 716. The van der Waals surface area contributed by atoms with E-state index in [-0.39, 0.29) is 22.7 Å². The van der Waals surface area contributed by atoms with Crippen LogP contribution in [0.5, 0.6) is 0 Å². The van der Waals surface area contributed by atoms with Crippen molar-refractivity contribution in [3.05, 3.63) is 26.3 Å². The predicted molar refractivity (Wildman–Crippen MR) is 56.5 cm³/mol. The summed E-state index contributed by atoms with van der Waals surface area (Å²) in [4.78, 5) is 39.5. The summed E-state index contributed by atoms with van der Waals surface area (Å²) in [6, 6.07) is 0. The van der Waals surface area contributed by atoms with Crippen LogP contribution in [0.15, 0.2) is 9.59 Å². The SMILES string of the molecule is Nc1nc2[nH]nc(CC(=O)O)c(=O)c2c(=O)[nH]1. The standard InChI is InChI=1S/C8H7N5O4/c9-8-10-6-4(7(17)11-8)5(16)2(12-13-6)1-3(14)15/h1H2,(H,14,15)(H4,9,10,11,13,16,17). The molecule has 9 nitrogen and oxygen atoms in total. The Kier molecular flexibility index (Phi) is 2.35. The van der Waals surface area contributed by atoms with Crippen LogP contribution in [0.2, 0.25) is 0 Å². The second-order valence-corrected chi connectivity index (χ2v) is 3.24. The van der Waals surface area contributed by atoms with E-state index in [1.807, 2.05) is 0 Å². The maximum Gasteiger partial charge on any atom is 0.309 e. The first-order chi connectivity index (χ1) is 7.99. The van der Waals surface area contributed by atoms with Crippen LogP contribution in [0.25, 0.3) is 11.0 Å². The average molecular weight is 237 g/mol. The first-order valence-corrected chi connectivity index (χ1v) is 4.48. The molecule has 0 aliphatic heterocycles. The molecule has 0 bridgehead atoms. The van der Waals surface area contributed by atoms with Gasteiger partial charge in [-0.25, -0.2) is 0 Å². The maximum atomic E-state index is 11.7. The van der Waals surface area contributed by atoms with Crippen LogP contribution in [0.1, 0.15) is 5.69 Å². The Labute approximate surface area is 92.3 Å². The molecule has 0 aliphatic carbocycles. The highest BCUT2D eigenvalue weighted by Gasteiger charge is 2.14. The lowest BCUT2D eigenvalue weighted by Gasteiger charge is -1.99. The number of hydrogen-bond donors (Lipinski definition) is 4. The molecule has 0 radical (unpaired) electrons. The molecule has 0 atom stereocenters. The molecule has 0 aliphatic rings. The number of fused-ring (bicyclic) bond motifs is 1. The van der Waals surface area contributed by atoms with Gasteiger partial charge < -0.3 is 10.8 Å². The Balaban J connectivity index is 2.80. The monoisotopic (exact) mass is 237 g/mol. The van der Waals surface area contributed by atoms with Crippen molar-refractivity contribution in [2.75, 3.05) is 5.73 Å². The van der Waals surface area contributed by atoms with Crippen molar-refractivity contribution in [3.63, 3.8) is 0 Å². The summed E-state index contributed by atoms with van der Waals surface area (Å²) in [5.74, 6) is -1.38. The Morgan fingerprint density at radius 3 is 2.76 bits per heavy atom. The third-order valence-corrected chi connectivity index (χ3v) is 2.04. The molecular weight excluding hydrogens is 230 g/mol. The van der Waals surface area contributed by atoms with Gasteiger partial charge in [0.1, 0.15) is 11.1 Å². The number of carbonyl (C=O) groups is 1. The van der Waals surface area contributed by atoms with Crippen LogP contribution in [-0.4, -0.2) is 31.2 Å². The number of nitrogens with one attached hydrogen (secondary N) is 2. The lowest BCUT2D eigenvalue weighted by molar-refractivity contribution is -0.136. The van der Waals surface area contributed by atoms with Gasteiger partial charge in [0.25, 0.3) is 5.56 Å². The zero-order chi connectivity index (χ0) is 12.6. The summed E-state index contributed by atoms with van der Waals surface area (Å²) in [5, 5.41) is 14.1. The zero-order valence-electron chi connectivity index (χ0n) is 8.35.